The van der Waals surface area contributed by atoms with Gasteiger partial charge < -0.3 is 24.3 Å². The third-order valence-corrected chi connectivity index (χ3v) is 10.6. The van der Waals surface area contributed by atoms with Crippen LogP contribution in [-0.2, 0) is 38.1 Å². The molecule has 346 valence electrons. The molecule has 0 aliphatic heterocycles. The lowest BCUT2D eigenvalue weighted by Crippen LogP contribution is -2.46. The average molecular weight is 838 g/mol. The highest BCUT2D eigenvalue weighted by Crippen LogP contribution is 2.16. The van der Waals surface area contributed by atoms with Crippen molar-refractivity contribution in [2.75, 3.05) is 13.2 Å². The highest BCUT2D eigenvalue weighted by Gasteiger charge is 2.28. The zero-order valence-electron chi connectivity index (χ0n) is 39.1. The molecule has 0 radical (unpaired) electrons. The summed E-state index contributed by atoms with van der Waals surface area (Å²) in [7, 11) is 0. The van der Waals surface area contributed by atoms with Crippen LogP contribution in [0.15, 0.2) is 0 Å². The Hall–Kier alpha value is -2.65. The molecule has 0 saturated carbocycles. The van der Waals surface area contributed by atoms with Crippen LogP contribution in [-0.4, -0.2) is 60.7 Å². The second-order valence-corrected chi connectivity index (χ2v) is 17.9. The molecule has 0 rings (SSSR count). The first-order valence-corrected chi connectivity index (χ1v) is 24.4. The van der Waals surface area contributed by atoms with Gasteiger partial charge in [0.2, 0.25) is 0 Å². The first-order chi connectivity index (χ1) is 28.4. The molecule has 2 unspecified atom stereocenters. The molecule has 0 aromatic carbocycles. The molecular formula is C49H91NO9. The highest BCUT2D eigenvalue weighted by molar-refractivity contribution is 5.88. The van der Waals surface area contributed by atoms with Gasteiger partial charge in [0.15, 0.2) is 6.10 Å². The standard InChI is InChI=1S/C49H91NO9/c1-7-9-11-13-15-17-19-21-23-25-27-29-31-33-35-37-45(52)56-40-43(41-57-47(54)44(39-42(3)51)50-48(55)59-49(4,5)6)58-46(53)38-36-34-32-30-28-26-24-22-20-18-16-14-12-10-8-2/h43-44H,7-41H2,1-6H3,(H,50,55). The summed E-state index contributed by atoms with van der Waals surface area (Å²) >= 11 is 0. The van der Waals surface area contributed by atoms with Crippen LogP contribution in [0.25, 0.3) is 0 Å². The summed E-state index contributed by atoms with van der Waals surface area (Å²) in [6.45, 7) is 10.2. The Morgan fingerprint density at radius 2 is 0.814 bits per heavy atom. The minimum atomic E-state index is -1.29. The second kappa shape index (κ2) is 39.5. The van der Waals surface area contributed by atoms with Crippen molar-refractivity contribution in [1.29, 1.82) is 0 Å². The van der Waals surface area contributed by atoms with Crippen LogP contribution >= 0.6 is 0 Å². The van der Waals surface area contributed by atoms with Gasteiger partial charge in [-0.25, -0.2) is 9.59 Å². The minimum absolute atomic E-state index is 0.211. The number of rotatable bonds is 41. The van der Waals surface area contributed by atoms with E-state index in [1.54, 1.807) is 20.8 Å². The minimum Gasteiger partial charge on any atom is -0.462 e. The van der Waals surface area contributed by atoms with E-state index in [0.29, 0.717) is 6.42 Å². The Bertz CT molecular complexity index is 1060. The predicted molar refractivity (Wildman–Crippen MR) is 239 cm³/mol. The summed E-state index contributed by atoms with van der Waals surface area (Å²) in [6.07, 6.45) is 35.2. The van der Waals surface area contributed by atoms with Gasteiger partial charge in [-0.15, -0.1) is 0 Å². The van der Waals surface area contributed by atoms with Gasteiger partial charge in [-0.05, 0) is 40.5 Å². The number of unbranched alkanes of at least 4 members (excludes halogenated alkanes) is 28. The van der Waals surface area contributed by atoms with Gasteiger partial charge in [0.1, 0.15) is 30.6 Å². The zero-order valence-corrected chi connectivity index (χ0v) is 39.1. The second-order valence-electron chi connectivity index (χ2n) is 17.9. The summed E-state index contributed by atoms with van der Waals surface area (Å²) in [4.78, 5) is 62.7. The lowest BCUT2D eigenvalue weighted by Gasteiger charge is -2.23. The largest absolute Gasteiger partial charge is 0.462 e. The number of carbonyl (C=O) groups excluding carboxylic acids is 5. The quantitative estimate of drug-likeness (QED) is 0.0363. The van der Waals surface area contributed by atoms with Crippen molar-refractivity contribution < 1.29 is 42.9 Å². The summed E-state index contributed by atoms with van der Waals surface area (Å²) in [5, 5.41) is 2.40. The lowest BCUT2D eigenvalue weighted by atomic mass is 10.0. The van der Waals surface area contributed by atoms with Gasteiger partial charge in [-0.1, -0.05) is 194 Å². The van der Waals surface area contributed by atoms with Crippen LogP contribution < -0.4 is 5.32 Å². The van der Waals surface area contributed by atoms with E-state index < -0.39 is 41.7 Å². The normalized spacial score (nSPS) is 12.4. The molecule has 0 bridgehead atoms. The van der Waals surface area contributed by atoms with Gasteiger partial charge in [-0.2, -0.15) is 0 Å². The summed E-state index contributed by atoms with van der Waals surface area (Å²) in [6, 6.07) is -1.29. The average Bonchev–Trinajstić information content (AvgIpc) is 3.17. The molecule has 0 aliphatic carbocycles. The number of hydrogen-bond donors (Lipinski definition) is 1. The maximum atomic E-state index is 13.0. The van der Waals surface area contributed by atoms with Crippen molar-refractivity contribution in [1.82, 2.24) is 5.32 Å². The number of hydrogen-bond acceptors (Lipinski definition) is 9. The summed E-state index contributed by atoms with van der Waals surface area (Å²) < 4.78 is 21.8. The molecule has 0 heterocycles. The molecule has 0 fully saturated rings. The molecule has 1 N–H and O–H groups in total. The third kappa shape index (κ3) is 40.5. The maximum Gasteiger partial charge on any atom is 0.408 e. The monoisotopic (exact) mass is 838 g/mol. The Morgan fingerprint density at radius 1 is 0.475 bits per heavy atom. The Kier molecular flexibility index (Phi) is 37.7. The van der Waals surface area contributed by atoms with Gasteiger partial charge in [0.05, 0.1) is 0 Å². The predicted octanol–water partition coefficient (Wildman–Crippen LogP) is 13.4. The SMILES string of the molecule is CCCCCCCCCCCCCCCCCC(=O)OCC(COC(=O)C(CC(C)=O)NC(=O)OC(C)(C)C)OC(=O)CCCCCCCCCCCCCCCCC. The maximum absolute atomic E-state index is 13.0. The zero-order chi connectivity index (χ0) is 43.8. The molecule has 1 amide bonds. The van der Waals surface area contributed by atoms with Crippen molar-refractivity contribution in [3.05, 3.63) is 0 Å². The molecular weight excluding hydrogens is 747 g/mol. The number of esters is 3. The first-order valence-electron chi connectivity index (χ1n) is 24.4. The summed E-state index contributed by atoms with van der Waals surface area (Å²) in [5.74, 6) is -2.05. The number of nitrogens with one attached hydrogen (secondary N) is 1. The van der Waals surface area contributed by atoms with Gasteiger partial charge in [0, 0.05) is 19.3 Å². The van der Waals surface area contributed by atoms with Gasteiger partial charge >= 0.3 is 24.0 Å². The van der Waals surface area contributed by atoms with Gasteiger partial charge in [-0.3, -0.25) is 14.4 Å². The number of ketones is 1. The molecule has 0 aromatic rings. The van der Waals surface area contributed by atoms with Crippen LogP contribution in [0.3, 0.4) is 0 Å². The molecule has 2 atom stereocenters. The van der Waals surface area contributed by atoms with Crippen molar-refractivity contribution in [3.8, 4) is 0 Å². The number of carbonyl (C=O) groups is 5. The van der Waals surface area contributed by atoms with E-state index in [0.717, 1.165) is 38.5 Å². The van der Waals surface area contributed by atoms with Gasteiger partial charge in [0.25, 0.3) is 0 Å². The van der Waals surface area contributed by atoms with E-state index in [2.05, 4.69) is 19.2 Å². The summed E-state index contributed by atoms with van der Waals surface area (Å²) in [5.41, 5.74) is -0.809. The van der Waals surface area contributed by atoms with Crippen LogP contribution in [0.2, 0.25) is 0 Å². The van der Waals surface area contributed by atoms with Crippen LogP contribution in [0.4, 0.5) is 4.79 Å². The van der Waals surface area contributed by atoms with E-state index >= 15 is 0 Å². The Morgan fingerprint density at radius 3 is 1.17 bits per heavy atom. The van der Waals surface area contributed by atoms with Crippen molar-refractivity contribution in [2.45, 2.75) is 271 Å². The van der Waals surface area contributed by atoms with Crippen molar-refractivity contribution in [3.63, 3.8) is 0 Å². The number of ether oxygens (including phenoxy) is 4. The Balaban J connectivity index is 4.67. The van der Waals surface area contributed by atoms with E-state index in [-0.39, 0.29) is 38.3 Å². The molecule has 59 heavy (non-hydrogen) atoms. The van der Waals surface area contributed by atoms with E-state index in [1.165, 1.54) is 155 Å². The number of alkyl carbamates (subject to hydrolysis) is 1. The Labute approximate surface area is 361 Å². The number of amides is 1. The number of Topliss-reactive ketones (excluding diaryl/α,β-unsaturated/α-hetero) is 1. The fraction of sp³-hybridized carbons (Fsp3) is 0.898. The van der Waals surface area contributed by atoms with E-state index in [4.69, 9.17) is 18.9 Å². The molecule has 0 aliphatic rings. The van der Waals surface area contributed by atoms with Crippen molar-refractivity contribution >= 4 is 29.8 Å². The topological polar surface area (TPSA) is 134 Å². The molecule has 10 heteroatoms. The lowest BCUT2D eigenvalue weighted by molar-refractivity contribution is -0.167. The fourth-order valence-electron chi connectivity index (χ4n) is 7.11. The molecule has 10 nitrogen and oxygen atoms in total. The van der Waals surface area contributed by atoms with E-state index in [9.17, 15) is 24.0 Å². The van der Waals surface area contributed by atoms with Crippen LogP contribution in [0, 0.1) is 0 Å². The van der Waals surface area contributed by atoms with Crippen LogP contribution in [0.1, 0.15) is 253 Å². The molecule has 0 spiro atoms. The molecule has 0 aromatic heterocycles. The fourth-order valence-corrected chi connectivity index (χ4v) is 7.11. The smallest absolute Gasteiger partial charge is 0.408 e. The molecule has 0 saturated heterocycles. The third-order valence-electron chi connectivity index (χ3n) is 10.6. The first kappa shape index (κ1) is 56.4. The van der Waals surface area contributed by atoms with Crippen LogP contribution in [0.5, 0.6) is 0 Å². The van der Waals surface area contributed by atoms with Crippen molar-refractivity contribution in [2.24, 2.45) is 0 Å². The highest BCUT2D eigenvalue weighted by atomic mass is 16.6. The van der Waals surface area contributed by atoms with E-state index in [1.807, 2.05) is 0 Å².